The topological polar surface area (TPSA) is 71.1 Å². The normalized spacial score (nSPS) is 10.0. The minimum Gasteiger partial charge on any atom is -0.344 e. The van der Waals surface area contributed by atoms with E-state index in [-0.39, 0.29) is 6.54 Å². The largest absolute Gasteiger partial charge is 0.344 e. The molecule has 0 fully saturated rings. The van der Waals surface area contributed by atoms with E-state index in [0.29, 0.717) is 5.69 Å². The summed E-state index contributed by atoms with van der Waals surface area (Å²) in [7, 11) is 0. The predicted octanol–water partition coefficient (Wildman–Crippen LogP) is 1.95. The number of pyridine rings is 1. The predicted molar refractivity (Wildman–Crippen MR) is 80.6 cm³/mol. The van der Waals surface area contributed by atoms with Crippen LogP contribution in [0.15, 0.2) is 42.7 Å². The second kappa shape index (κ2) is 6.65. The van der Waals surface area contributed by atoms with Crippen molar-refractivity contribution in [3.8, 4) is 0 Å². The molecule has 1 aromatic carbocycles. The zero-order valence-electron chi connectivity index (χ0n) is 12.0. The first-order chi connectivity index (χ1) is 10.0. The molecule has 0 saturated heterocycles. The van der Waals surface area contributed by atoms with Gasteiger partial charge in [0.15, 0.2) is 0 Å². The Morgan fingerprint density at radius 1 is 1.10 bits per heavy atom. The van der Waals surface area contributed by atoms with E-state index < -0.39 is 11.8 Å². The second-order valence-corrected chi connectivity index (χ2v) is 4.87. The molecule has 0 saturated carbocycles. The lowest BCUT2D eigenvalue weighted by atomic mass is 10.1. The summed E-state index contributed by atoms with van der Waals surface area (Å²) < 4.78 is 0. The SMILES string of the molecule is Cc1cc(C)cc(NC(=O)C(=O)NCc2cccnc2)c1. The molecular formula is C16H17N3O2. The van der Waals surface area contributed by atoms with Crippen LogP contribution in [0.3, 0.4) is 0 Å². The number of anilines is 1. The van der Waals surface area contributed by atoms with Crippen molar-refractivity contribution in [2.45, 2.75) is 20.4 Å². The number of rotatable bonds is 3. The average Bonchev–Trinajstić information content (AvgIpc) is 2.44. The molecule has 0 aliphatic rings. The molecule has 108 valence electrons. The van der Waals surface area contributed by atoms with Gasteiger partial charge in [-0.25, -0.2) is 0 Å². The van der Waals surface area contributed by atoms with E-state index in [0.717, 1.165) is 16.7 Å². The van der Waals surface area contributed by atoms with E-state index in [1.807, 2.05) is 38.1 Å². The highest BCUT2D eigenvalue weighted by Gasteiger charge is 2.13. The molecule has 2 amide bonds. The lowest BCUT2D eigenvalue weighted by molar-refractivity contribution is -0.136. The minimum absolute atomic E-state index is 0.271. The van der Waals surface area contributed by atoms with Crippen LogP contribution in [0, 0.1) is 13.8 Å². The van der Waals surface area contributed by atoms with Crippen molar-refractivity contribution in [1.82, 2.24) is 10.3 Å². The fourth-order valence-corrected chi connectivity index (χ4v) is 2.00. The van der Waals surface area contributed by atoms with Crippen LogP contribution in [-0.2, 0) is 16.1 Å². The van der Waals surface area contributed by atoms with Gasteiger partial charge in [-0.05, 0) is 48.7 Å². The van der Waals surface area contributed by atoms with Gasteiger partial charge in [0.25, 0.3) is 0 Å². The molecule has 0 bridgehead atoms. The maximum Gasteiger partial charge on any atom is 0.313 e. The van der Waals surface area contributed by atoms with Crippen LogP contribution in [-0.4, -0.2) is 16.8 Å². The molecule has 1 aromatic heterocycles. The zero-order chi connectivity index (χ0) is 15.2. The Morgan fingerprint density at radius 2 is 1.81 bits per heavy atom. The molecule has 0 unspecified atom stereocenters. The number of hydrogen-bond donors (Lipinski definition) is 2. The van der Waals surface area contributed by atoms with Gasteiger partial charge in [0.1, 0.15) is 0 Å². The summed E-state index contributed by atoms with van der Waals surface area (Å²) in [5.74, 6) is -1.35. The van der Waals surface area contributed by atoms with Gasteiger partial charge in [0.05, 0.1) is 0 Å². The molecule has 2 rings (SSSR count). The number of nitrogens with zero attached hydrogens (tertiary/aromatic N) is 1. The minimum atomic E-state index is -0.677. The van der Waals surface area contributed by atoms with Crippen LogP contribution in [0.4, 0.5) is 5.69 Å². The number of benzene rings is 1. The summed E-state index contributed by atoms with van der Waals surface area (Å²) in [6.07, 6.45) is 3.29. The van der Waals surface area contributed by atoms with E-state index in [1.165, 1.54) is 0 Å². The van der Waals surface area contributed by atoms with Crippen molar-refractivity contribution in [3.05, 3.63) is 59.4 Å². The molecular weight excluding hydrogens is 266 g/mol. The molecule has 0 aliphatic carbocycles. The molecule has 0 spiro atoms. The van der Waals surface area contributed by atoms with Gasteiger partial charge in [0, 0.05) is 24.6 Å². The van der Waals surface area contributed by atoms with Crippen molar-refractivity contribution >= 4 is 17.5 Å². The number of aromatic nitrogens is 1. The molecule has 21 heavy (non-hydrogen) atoms. The third-order valence-corrected chi connectivity index (χ3v) is 2.86. The van der Waals surface area contributed by atoms with Crippen LogP contribution >= 0.6 is 0 Å². The zero-order valence-corrected chi connectivity index (χ0v) is 12.0. The standard InChI is InChI=1S/C16H17N3O2/c1-11-6-12(2)8-14(7-11)19-16(21)15(20)18-10-13-4-3-5-17-9-13/h3-9H,10H2,1-2H3,(H,18,20)(H,19,21). The summed E-state index contributed by atoms with van der Waals surface area (Å²) in [6, 6.07) is 9.24. The first-order valence-corrected chi connectivity index (χ1v) is 6.61. The maximum atomic E-state index is 11.8. The smallest absolute Gasteiger partial charge is 0.313 e. The van der Waals surface area contributed by atoms with Crippen molar-refractivity contribution in [2.75, 3.05) is 5.32 Å². The highest BCUT2D eigenvalue weighted by Crippen LogP contribution is 2.13. The van der Waals surface area contributed by atoms with Crippen LogP contribution < -0.4 is 10.6 Å². The molecule has 0 radical (unpaired) electrons. The summed E-state index contributed by atoms with van der Waals surface area (Å²) >= 11 is 0. The van der Waals surface area contributed by atoms with Crippen LogP contribution in [0.5, 0.6) is 0 Å². The molecule has 0 atom stereocenters. The number of carbonyl (C=O) groups excluding carboxylic acids is 2. The Hall–Kier alpha value is -2.69. The third-order valence-electron chi connectivity index (χ3n) is 2.86. The van der Waals surface area contributed by atoms with Crippen molar-refractivity contribution in [2.24, 2.45) is 0 Å². The van der Waals surface area contributed by atoms with Gasteiger partial charge in [-0.3, -0.25) is 14.6 Å². The van der Waals surface area contributed by atoms with Crippen molar-refractivity contribution < 1.29 is 9.59 Å². The third kappa shape index (κ3) is 4.42. The van der Waals surface area contributed by atoms with E-state index >= 15 is 0 Å². The Kier molecular flexibility index (Phi) is 4.66. The number of amides is 2. The molecule has 5 heteroatoms. The summed E-state index contributed by atoms with van der Waals surface area (Å²) in [5, 5.41) is 5.15. The van der Waals surface area contributed by atoms with Gasteiger partial charge in [-0.1, -0.05) is 12.1 Å². The fourth-order valence-electron chi connectivity index (χ4n) is 2.00. The summed E-state index contributed by atoms with van der Waals surface area (Å²) in [6.45, 7) is 4.14. The molecule has 0 aliphatic heterocycles. The first-order valence-electron chi connectivity index (χ1n) is 6.61. The quantitative estimate of drug-likeness (QED) is 0.846. The highest BCUT2D eigenvalue weighted by atomic mass is 16.2. The molecule has 2 N–H and O–H groups in total. The Bertz CT molecular complexity index is 634. The van der Waals surface area contributed by atoms with Gasteiger partial charge in [-0.2, -0.15) is 0 Å². The lowest BCUT2D eigenvalue weighted by Crippen LogP contribution is -2.35. The van der Waals surface area contributed by atoms with Gasteiger partial charge in [0.2, 0.25) is 0 Å². The number of aryl methyl sites for hydroxylation is 2. The Balaban J connectivity index is 1.92. The monoisotopic (exact) mass is 283 g/mol. The van der Waals surface area contributed by atoms with E-state index in [2.05, 4.69) is 15.6 Å². The Morgan fingerprint density at radius 3 is 2.43 bits per heavy atom. The van der Waals surface area contributed by atoms with Gasteiger partial charge in [-0.15, -0.1) is 0 Å². The fraction of sp³-hybridized carbons (Fsp3) is 0.188. The summed E-state index contributed by atoms with van der Waals surface area (Å²) in [4.78, 5) is 27.5. The first kappa shape index (κ1) is 14.7. The second-order valence-electron chi connectivity index (χ2n) is 4.87. The van der Waals surface area contributed by atoms with Crippen LogP contribution in [0.2, 0.25) is 0 Å². The average molecular weight is 283 g/mol. The number of carbonyl (C=O) groups is 2. The number of hydrogen-bond acceptors (Lipinski definition) is 3. The number of nitrogens with one attached hydrogen (secondary N) is 2. The van der Waals surface area contributed by atoms with E-state index in [9.17, 15) is 9.59 Å². The molecule has 1 heterocycles. The summed E-state index contributed by atoms with van der Waals surface area (Å²) in [5.41, 5.74) is 3.52. The van der Waals surface area contributed by atoms with Crippen molar-refractivity contribution in [1.29, 1.82) is 0 Å². The Labute approximate surface area is 123 Å². The van der Waals surface area contributed by atoms with Crippen molar-refractivity contribution in [3.63, 3.8) is 0 Å². The van der Waals surface area contributed by atoms with Crippen LogP contribution in [0.25, 0.3) is 0 Å². The lowest BCUT2D eigenvalue weighted by Gasteiger charge is -2.08. The van der Waals surface area contributed by atoms with Crippen LogP contribution in [0.1, 0.15) is 16.7 Å². The van der Waals surface area contributed by atoms with Gasteiger partial charge >= 0.3 is 11.8 Å². The van der Waals surface area contributed by atoms with Gasteiger partial charge < -0.3 is 10.6 Å². The van der Waals surface area contributed by atoms with E-state index in [4.69, 9.17) is 0 Å². The highest BCUT2D eigenvalue weighted by molar-refractivity contribution is 6.39. The molecule has 2 aromatic rings. The maximum absolute atomic E-state index is 11.8. The van der Waals surface area contributed by atoms with E-state index in [1.54, 1.807) is 18.5 Å². The molecule has 5 nitrogen and oxygen atoms in total.